The van der Waals surface area contributed by atoms with E-state index in [4.69, 9.17) is 9.47 Å². The summed E-state index contributed by atoms with van der Waals surface area (Å²) in [6.45, 7) is 8.21. The predicted molar refractivity (Wildman–Crippen MR) is 133 cm³/mol. The van der Waals surface area contributed by atoms with Crippen molar-refractivity contribution in [1.82, 2.24) is 15.2 Å². The number of benzene rings is 1. The first-order valence-corrected chi connectivity index (χ1v) is 12.3. The van der Waals surface area contributed by atoms with Crippen molar-refractivity contribution in [2.24, 2.45) is 5.41 Å². The minimum Gasteiger partial charge on any atom is -0.444 e. The molecule has 0 bridgehead atoms. The van der Waals surface area contributed by atoms with E-state index in [1.807, 2.05) is 52.0 Å². The topological polar surface area (TPSA) is 118 Å². The van der Waals surface area contributed by atoms with Crippen LogP contribution >= 0.6 is 0 Å². The third-order valence-corrected chi connectivity index (χ3v) is 7.22. The summed E-state index contributed by atoms with van der Waals surface area (Å²) in [6, 6.07) is 7.51. The number of hydrogen-bond acceptors (Lipinski definition) is 7. The van der Waals surface area contributed by atoms with Crippen LogP contribution in [0, 0.1) is 5.41 Å². The summed E-state index contributed by atoms with van der Waals surface area (Å²) in [6.07, 6.45) is 2.29. The molecule has 36 heavy (non-hydrogen) atoms. The summed E-state index contributed by atoms with van der Waals surface area (Å²) in [5.74, 6) is -1.02. The minimum absolute atomic E-state index is 0.232. The van der Waals surface area contributed by atoms with Gasteiger partial charge in [-0.15, -0.1) is 0 Å². The van der Waals surface area contributed by atoms with Gasteiger partial charge >= 0.3 is 6.09 Å². The Labute approximate surface area is 211 Å². The van der Waals surface area contributed by atoms with Crippen molar-refractivity contribution in [1.29, 1.82) is 0 Å². The van der Waals surface area contributed by atoms with E-state index < -0.39 is 28.6 Å². The fourth-order valence-electron chi connectivity index (χ4n) is 5.30. The largest absolute Gasteiger partial charge is 0.444 e. The summed E-state index contributed by atoms with van der Waals surface area (Å²) in [4.78, 5) is 42.9. The Morgan fingerprint density at radius 3 is 2.69 bits per heavy atom. The second-order valence-corrected chi connectivity index (χ2v) is 11.2. The Balaban J connectivity index is 1.66. The first kappa shape index (κ1) is 26.0. The van der Waals surface area contributed by atoms with Crippen LogP contribution in [0.3, 0.4) is 0 Å². The molecule has 0 aliphatic carbocycles. The molecule has 1 aromatic carbocycles. The number of piperidine rings is 2. The molecule has 3 amide bonds. The number of ether oxygens (including phenoxy) is 2. The molecule has 194 valence electrons. The normalized spacial score (nSPS) is 27.2. The molecule has 9 heteroatoms. The molecule has 2 N–H and O–H groups in total. The number of carbonyl (C=O) groups excluding carboxylic acids is 3. The number of amides is 3. The molecular weight excluding hydrogens is 462 g/mol. The summed E-state index contributed by atoms with van der Waals surface area (Å²) < 4.78 is 11.1. The Hall–Kier alpha value is -3.04. The number of methoxy groups -OCH3 is 1. The Morgan fingerprint density at radius 2 is 2.03 bits per heavy atom. The van der Waals surface area contributed by atoms with Crippen molar-refractivity contribution in [2.75, 3.05) is 26.8 Å². The quantitative estimate of drug-likeness (QED) is 0.623. The van der Waals surface area contributed by atoms with Crippen molar-refractivity contribution in [3.8, 4) is 0 Å². The van der Waals surface area contributed by atoms with Crippen molar-refractivity contribution in [3.05, 3.63) is 41.6 Å². The first-order chi connectivity index (χ1) is 16.8. The number of imide groups is 1. The number of carbonyl (C=O) groups is 3. The highest BCUT2D eigenvalue weighted by Crippen LogP contribution is 2.47. The summed E-state index contributed by atoms with van der Waals surface area (Å²) in [5.41, 5.74) is -0.539. The second-order valence-electron chi connectivity index (χ2n) is 11.2. The molecule has 2 fully saturated rings. The highest BCUT2D eigenvalue weighted by Gasteiger charge is 2.53. The van der Waals surface area contributed by atoms with Gasteiger partial charge in [0.15, 0.2) is 0 Å². The standard InChI is InChI=1S/C27H35N3O6/c1-25(2,3)36-24(33)30-11-10-27(34,26(4,15-30)16-35-5)19-6-8-21-17(13-19)12-18(14-28-21)20-7-9-22(31)29-23(20)32/h6,8,12-14,20,34H,7,9-11,15-16H2,1-5H3,(H,29,31,32). The number of pyridine rings is 1. The van der Waals surface area contributed by atoms with Crippen LogP contribution < -0.4 is 5.32 Å². The predicted octanol–water partition coefficient (Wildman–Crippen LogP) is 3.24. The van der Waals surface area contributed by atoms with E-state index in [9.17, 15) is 19.5 Å². The van der Waals surface area contributed by atoms with Gasteiger partial charge in [-0.05, 0) is 62.9 Å². The van der Waals surface area contributed by atoms with Crippen LogP contribution in [0.5, 0.6) is 0 Å². The maximum Gasteiger partial charge on any atom is 0.410 e. The fraction of sp³-hybridized carbons (Fsp3) is 0.556. The number of fused-ring (bicyclic) bond motifs is 1. The highest BCUT2D eigenvalue weighted by atomic mass is 16.6. The third-order valence-electron chi connectivity index (χ3n) is 7.22. The smallest absolute Gasteiger partial charge is 0.410 e. The molecule has 3 unspecified atom stereocenters. The lowest BCUT2D eigenvalue weighted by atomic mass is 9.65. The molecule has 3 heterocycles. The van der Waals surface area contributed by atoms with Gasteiger partial charge in [0.25, 0.3) is 0 Å². The van der Waals surface area contributed by atoms with E-state index >= 15 is 0 Å². The molecule has 2 aromatic rings. The van der Waals surface area contributed by atoms with E-state index in [1.54, 1.807) is 18.2 Å². The number of aromatic nitrogens is 1. The monoisotopic (exact) mass is 497 g/mol. The average Bonchev–Trinajstić information content (AvgIpc) is 2.79. The minimum atomic E-state index is -1.28. The van der Waals surface area contributed by atoms with Gasteiger partial charge in [-0.2, -0.15) is 0 Å². The number of likely N-dealkylation sites (tertiary alicyclic amines) is 1. The molecule has 2 aliphatic rings. The van der Waals surface area contributed by atoms with E-state index in [2.05, 4.69) is 10.3 Å². The lowest BCUT2D eigenvalue weighted by molar-refractivity contribution is -0.154. The lowest BCUT2D eigenvalue weighted by Crippen LogP contribution is -2.60. The summed E-state index contributed by atoms with van der Waals surface area (Å²) in [5, 5.41) is 15.3. The number of aliphatic hydroxyl groups is 1. The van der Waals surface area contributed by atoms with Crippen molar-refractivity contribution >= 4 is 28.8 Å². The maximum absolute atomic E-state index is 12.8. The molecular formula is C27H35N3O6. The molecule has 3 atom stereocenters. The zero-order valence-electron chi connectivity index (χ0n) is 21.6. The Morgan fingerprint density at radius 1 is 1.28 bits per heavy atom. The number of rotatable bonds is 4. The van der Waals surface area contributed by atoms with E-state index in [0.717, 1.165) is 16.5 Å². The highest BCUT2D eigenvalue weighted by molar-refractivity contribution is 6.01. The maximum atomic E-state index is 12.8. The molecule has 9 nitrogen and oxygen atoms in total. The summed E-state index contributed by atoms with van der Waals surface area (Å²) in [7, 11) is 1.58. The zero-order chi connectivity index (χ0) is 26.3. The van der Waals surface area contributed by atoms with Crippen LogP contribution in [0.15, 0.2) is 30.5 Å². The van der Waals surface area contributed by atoms with Gasteiger partial charge in [-0.1, -0.05) is 13.0 Å². The lowest BCUT2D eigenvalue weighted by Gasteiger charge is -2.51. The van der Waals surface area contributed by atoms with E-state index in [1.165, 1.54) is 0 Å². The number of nitrogens with one attached hydrogen (secondary N) is 1. The average molecular weight is 498 g/mol. The molecule has 0 spiro atoms. The van der Waals surface area contributed by atoms with E-state index in [-0.39, 0.29) is 31.4 Å². The second kappa shape index (κ2) is 9.44. The fourth-order valence-corrected chi connectivity index (χ4v) is 5.30. The SMILES string of the molecule is COCC1(C)CN(C(=O)OC(C)(C)C)CCC1(O)c1ccc2ncc(C3CCC(=O)NC3=O)cc2c1. The van der Waals surface area contributed by atoms with Crippen molar-refractivity contribution in [2.45, 2.75) is 64.1 Å². The molecule has 0 saturated carbocycles. The van der Waals surface area contributed by atoms with Gasteiger partial charge in [0.05, 0.1) is 18.0 Å². The van der Waals surface area contributed by atoms with Gasteiger partial charge in [0, 0.05) is 43.6 Å². The Bertz CT molecular complexity index is 1190. The van der Waals surface area contributed by atoms with Crippen molar-refractivity contribution < 1.29 is 29.0 Å². The van der Waals surface area contributed by atoms with Gasteiger partial charge < -0.3 is 19.5 Å². The molecule has 2 aliphatic heterocycles. The number of hydrogen-bond donors (Lipinski definition) is 2. The van der Waals surface area contributed by atoms with Crippen molar-refractivity contribution in [3.63, 3.8) is 0 Å². The molecule has 0 radical (unpaired) electrons. The summed E-state index contributed by atoms with van der Waals surface area (Å²) >= 11 is 0. The molecule has 2 saturated heterocycles. The van der Waals surface area contributed by atoms with Crippen LogP contribution in [-0.4, -0.2) is 65.3 Å². The van der Waals surface area contributed by atoms with Gasteiger partial charge in [-0.3, -0.25) is 19.9 Å². The third kappa shape index (κ3) is 4.95. The van der Waals surface area contributed by atoms with Crippen LogP contribution in [0.2, 0.25) is 0 Å². The van der Waals surface area contributed by atoms with Gasteiger partial charge in [-0.25, -0.2) is 4.79 Å². The van der Waals surface area contributed by atoms with Crippen LogP contribution in [-0.2, 0) is 24.7 Å². The van der Waals surface area contributed by atoms with Crippen LogP contribution in [0.1, 0.15) is 64.0 Å². The van der Waals surface area contributed by atoms with Gasteiger partial charge in [0.2, 0.25) is 11.8 Å². The van der Waals surface area contributed by atoms with Gasteiger partial charge in [0.1, 0.15) is 11.2 Å². The zero-order valence-corrected chi connectivity index (χ0v) is 21.6. The van der Waals surface area contributed by atoms with Crippen LogP contribution in [0.4, 0.5) is 4.79 Å². The first-order valence-electron chi connectivity index (χ1n) is 12.3. The van der Waals surface area contributed by atoms with Crippen LogP contribution in [0.25, 0.3) is 10.9 Å². The molecule has 1 aromatic heterocycles. The molecule has 4 rings (SSSR count). The van der Waals surface area contributed by atoms with E-state index in [0.29, 0.717) is 24.9 Å². The number of nitrogens with zero attached hydrogens (tertiary/aromatic N) is 2. The Kier molecular flexibility index (Phi) is 6.83.